The normalized spacial score (nSPS) is 12.9. The van der Waals surface area contributed by atoms with Gasteiger partial charge >= 0.3 is 17.9 Å². The fourth-order valence-corrected chi connectivity index (χ4v) is 8.46. The standard InChI is InChI=1S/C70H116O6/c1-4-7-10-13-16-19-22-24-26-28-30-32-34-35-37-38-40-42-44-46-48-51-54-57-60-63-69(72)75-66-67(65-74-68(71)62-59-56-53-50-21-18-15-12-9-6-3)76-70(73)64-61-58-55-52-49-47-45-43-41-39-36-33-31-29-27-25-23-20-17-14-11-8-5-2/h8,11-12,15,17,20,22,24-25,27-28,30-31,33,39,41,45,47,52,55,67H,4-7,9-10,13-14,16,18-19,21,23,26,29,32,34-38,40,42-44,46,48-51,53-54,56-66H2,1-3H3/b11-8-,15-12-,20-17-,24-22-,27-25-,30-28-,33-31-,41-39-,47-45-,55-52-. The van der Waals surface area contributed by atoms with Gasteiger partial charge in [-0.3, -0.25) is 14.4 Å². The van der Waals surface area contributed by atoms with Gasteiger partial charge in [-0.05, 0) is 122 Å². The molecular formula is C70H116O6. The third kappa shape index (κ3) is 60.7. The molecule has 0 bridgehead atoms. The lowest BCUT2D eigenvalue weighted by molar-refractivity contribution is -0.167. The average molecular weight is 1050 g/mol. The van der Waals surface area contributed by atoms with Crippen LogP contribution in [-0.2, 0) is 28.6 Å². The number of rotatable bonds is 56. The fourth-order valence-electron chi connectivity index (χ4n) is 8.46. The van der Waals surface area contributed by atoms with Crippen LogP contribution in [0.2, 0.25) is 0 Å². The van der Waals surface area contributed by atoms with Crippen molar-refractivity contribution in [3.63, 3.8) is 0 Å². The van der Waals surface area contributed by atoms with E-state index in [1.165, 1.54) is 122 Å². The molecule has 0 aliphatic rings. The maximum Gasteiger partial charge on any atom is 0.306 e. The molecule has 0 aliphatic carbocycles. The van der Waals surface area contributed by atoms with E-state index < -0.39 is 6.10 Å². The molecule has 76 heavy (non-hydrogen) atoms. The third-order valence-corrected chi connectivity index (χ3v) is 13.2. The lowest BCUT2D eigenvalue weighted by Crippen LogP contribution is -2.30. The van der Waals surface area contributed by atoms with Gasteiger partial charge in [0.25, 0.3) is 0 Å². The highest BCUT2D eigenvalue weighted by molar-refractivity contribution is 5.71. The molecule has 0 radical (unpaired) electrons. The van der Waals surface area contributed by atoms with E-state index in [-0.39, 0.29) is 37.5 Å². The second-order valence-corrected chi connectivity index (χ2v) is 20.6. The van der Waals surface area contributed by atoms with Crippen LogP contribution in [-0.4, -0.2) is 37.2 Å². The molecule has 0 saturated carbocycles. The number of hydrogen-bond donors (Lipinski definition) is 0. The Morgan fingerprint density at radius 2 is 0.553 bits per heavy atom. The van der Waals surface area contributed by atoms with E-state index >= 15 is 0 Å². The highest BCUT2D eigenvalue weighted by Crippen LogP contribution is 2.15. The second-order valence-electron chi connectivity index (χ2n) is 20.6. The maximum atomic E-state index is 12.9. The molecule has 0 aromatic heterocycles. The van der Waals surface area contributed by atoms with Gasteiger partial charge in [0, 0.05) is 19.3 Å². The summed E-state index contributed by atoms with van der Waals surface area (Å²) in [5.74, 6) is -0.976. The van der Waals surface area contributed by atoms with Crippen molar-refractivity contribution in [2.45, 2.75) is 290 Å². The van der Waals surface area contributed by atoms with E-state index in [0.717, 1.165) is 116 Å². The van der Waals surface area contributed by atoms with Crippen LogP contribution in [0.4, 0.5) is 0 Å². The number of ether oxygens (including phenoxy) is 3. The Balaban J connectivity index is 4.36. The Morgan fingerprint density at radius 3 is 0.908 bits per heavy atom. The van der Waals surface area contributed by atoms with Crippen molar-refractivity contribution in [1.29, 1.82) is 0 Å². The van der Waals surface area contributed by atoms with Gasteiger partial charge in [-0.1, -0.05) is 264 Å². The fraction of sp³-hybridized carbons (Fsp3) is 0.671. The first-order valence-electron chi connectivity index (χ1n) is 31.5. The Kier molecular flexibility index (Phi) is 59.9. The van der Waals surface area contributed by atoms with E-state index in [0.29, 0.717) is 19.3 Å². The van der Waals surface area contributed by atoms with Gasteiger partial charge in [-0.25, -0.2) is 0 Å². The minimum atomic E-state index is -0.815. The highest BCUT2D eigenvalue weighted by Gasteiger charge is 2.19. The van der Waals surface area contributed by atoms with Gasteiger partial charge in [0.05, 0.1) is 0 Å². The zero-order chi connectivity index (χ0) is 55.0. The van der Waals surface area contributed by atoms with Gasteiger partial charge in [0.2, 0.25) is 0 Å². The largest absolute Gasteiger partial charge is 0.462 e. The van der Waals surface area contributed by atoms with Crippen molar-refractivity contribution in [2.75, 3.05) is 13.2 Å². The molecule has 0 rings (SSSR count). The molecule has 0 aromatic carbocycles. The number of hydrogen-bond acceptors (Lipinski definition) is 6. The van der Waals surface area contributed by atoms with Crippen molar-refractivity contribution in [2.24, 2.45) is 0 Å². The first kappa shape index (κ1) is 71.8. The Bertz CT molecular complexity index is 1590. The van der Waals surface area contributed by atoms with Crippen LogP contribution in [0.3, 0.4) is 0 Å². The smallest absolute Gasteiger partial charge is 0.306 e. The van der Waals surface area contributed by atoms with Crippen molar-refractivity contribution < 1.29 is 28.6 Å². The molecule has 0 amide bonds. The van der Waals surface area contributed by atoms with Crippen LogP contribution in [0, 0.1) is 0 Å². The van der Waals surface area contributed by atoms with Crippen LogP contribution >= 0.6 is 0 Å². The van der Waals surface area contributed by atoms with Gasteiger partial charge in [0.1, 0.15) is 13.2 Å². The van der Waals surface area contributed by atoms with E-state index in [1.807, 2.05) is 0 Å². The molecule has 6 heteroatoms. The van der Waals surface area contributed by atoms with Crippen molar-refractivity contribution >= 4 is 17.9 Å². The van der Waals surface area contributed by atoms with E-state index in [4.69, 9.17) is 14.2 Å². The number of carbonyl (C=O) groups excluding carboxylic acids is 3. The van der Waals surface area contributed by atoms with Gasteiger partial charge in [-0.15, -0.1) is 0 Å². The molecule has 0 fully saturated rings. The van der Waals surface area contributed by atoms with Crippen LogP contribution in [0.25, 0.3) is 0 Å². The summed E-state index contributed by atoms with van der Waals surface area (Å²) < 4.78 is 16.8. The minimum Gasteiger partial charge on any atom is -0.462 e. The summed E-state index contributed by atoms with van der Waals surface area (Å²) >= 11 is 0. The molecule has 1 unspecified atom stereocenters. The Morgan fingerprint density at radius 1 is 0.276 bits per heavy atom. The summed E-state index contributed by atoms with van der Waals surface area (Å²) in [4.78, 5) is 38.2. The quantitative estimate of drug-likeness (QED) is 0.0261. The van der Waals surface area contributed by atoms with Crippen molar-refractivity contribution in [3.05, 3.63) is 122 Å². The first-order chi connectivity index (χ1) is 37.5. The lowest BCUT2D eigenvalue weighted by Gasteiger charge is -2.18. The van der Waals surface area contributed by atoms with E-state index in [9.17, 15) is 14.4 Å². The van der Waals surface area contributed by atoms with Gasteiger partial charge in [-0.2, -0.15) is 0 Å². The zero-order valence-electron chi connectivity index (χ0n) is 49.5. The summed E-state index contributed by atoms with van der Waals surface area (Å²) in [6, 6.07) is 0. The first-order valence-corrected chi connectivity index (χ1v) is 31.5. The molecule has 0 heterocycles. The molecule has 0 aliphatic heterocycles. The van der Waals surface area contributed by atoms with Crippen LogP contribution in [0.5, 0.6) is 0 Å². The molecule has 0 aromatic rings. The third-order valence-electron chi connectivity index (χ3n) is 13.2. The number of carbonyl (C=O) groups is 3. The van der Waals surface area contributed by atoms with Crippen molar-refractivity contribution in [3.8, 4) is 0 Å². The monoisotopic (exact) mass is 1050 g/mol. The van der Waals surface area contributed by atoms with Gasteiger partial charge in [0.15, 0.2) is 6.10 Å². The van der Waals surface area contributed by atoms with Crippen molar-refractivity contribution in [1.82, 2.24) is 0 Å². The summed E-state index contributed by atoms with van der Waals surface area (Å²) in [7, 11) is 0. The summed E-state index contributed by atoms with van der Waals surface area (Å²) in [5, 5.41) is 0. The average Bonchev–Trinajstić information content (AvgIpc) is 3.42. The summed E-state index contributed by atoms with van der Waals surface area (Å²) in [6.45, 7) is 6.41. The molecule has 0 saturated heterocycles. The van der Waals surface area contributed by atoms with Crippen LogP contribution in [0.15, 0.2) is 122 Å². The predicted octanol–water partition coefficient (Wildman–Crippen LogP) is 21.6. The second kappa shape index (κ2) is 63.3. The number of esters is 3. The Labute approximate surface area is 469 Å². The predicted molar refractivity (Wildman–Crippen MR) is 330 cm³/mol. The van der Waals surface area contributed by atoms with Gasteiger partial charge < -0.3 is 14.2 Å². The minimum absolute atomic E-state index is 0.106. The lowest BCUT2D eigenvalue weighted by atomic mass is 10.0. The topological polar surface area (TPSA) is 78.9 Å². The number of unbranched alkanes of at least 4 members (excludes halogenated alkanes) is 25. The molecule has 1 atom stereocenters. The maximum absolute atomic E-state index is 12.9. The molecule has 0 spiro atoms. The molecule has 432 valence electrons. The SMILES string of the molecule is CC/C=C\C/C=C\C/C=C\C/C=C\C/C=C\C/C=C\C/C=C\CCCC(=O)OC(COC(=O)CCCCCCC/C=C\CCC)COC(=O)CCCCCCCCCCCCCCC/C=C\C/C=C\CCCCCCC. The highest BCUT2D eigenvalue weighted by atomic mass is 16.6. The number of allylic oxidation sites excluding steroid dienone is 20. The van der Waals surface area contributed by atoms with E-state index in [2.05, 4.69) is 142 Å². The molecular weight excluding hydrogens is 937 g/mol. The zero-order valence-corrected chi connectivity index (χ0v) is 49.5. The van der Waals surface area contributed by atoms with Crippen LogP contribution < -0.4 is 0 Å². The molecule has 6 nitrogen and oxygen atoms in total. The molecule has 0 N–H and O–H groups in total. The Hall–Kier alpha value is -4.19. The summed E-state index contributed by atoms with van der Waals surface area (Å²) in [5.41, 5.74) is 0. The van der Waals surface area contributed by atoms with E-state index in [1.54, 1.807) is 0 Å². The summed E-state index contributed by atoms with van der Waals surface area (Å²) in [6.07, 6.45) is 87.9. The van der Waals surface area contributed by atoms with Crippen LogP contribution in [0.1, 0.15) is 284 Å².